The summed E-state index contributed by atoms with van der Waals surface area (Å²) in [6, 6.07) is 2.40. The number of piperazine rings is 1. The third-order valence-electron chi connectivity index (χ3n) is 6.91. The summed E-state index contributed by atoms with van der Waals surface area (Å²) in [6.45, 7) is 4.59. The van der Waals surface area contributed by atoms with Crippen molar-refractivity contribution in [3.05, 3.63) is 22.8 Å². The molecule has 2 aliphatic heterocycles. The van der Waals surface area contributed by atoms with Crippen molar-refractivity contribution in [3.8, 4) is 0 Å². The molecule has 3 fully saturated rings. The highest BCUT2D eigenvalue weighted by molar-refractivity contribution is 6.33. The number of carboxylic acids is 1. The van der Waals surface area contributed by atoms with Gasteiger partial charge in [0.25, 0.3) is 5.91 Å². The second-order valence-corrected chi connectivity index (χ2v) is 9.16. The number of aliphatic carboxylic acids is 1. The lowest BCUT2D eigenvalue weighted by molar-refractivity contribution is -0.142. The number of anilines is 1. The van der Waals surface area contributed by atoms with Crippen molar-refractivity contribution in [2.45, 2.75) is 51.0 Å². The predicted octanol–water partition coefficient (Wildman–Crippen LogP) is 3.13. The molecule has 8 heteroatoms. The number of hydrogen-bond donors (Lipinski definition) is 1. The number of pyridine rings is 1. The van der Waals surface area contributed by atoms with Gasteiger partial charge < -0.3 is 14.9 Å². The number of amides is 1. The molecule has 7 nitrogen and oxygen atoms in total. The number of aromatic nitrogens is 1. The van der Waals surface area contributed by atoms with Crippen LogP contribution in [0.15, 0.2) is 12.3 Å². The fourth-order valence-corrected chi connectivity index (χ4v) is 5.32. The highest BCUT2D eigenvalue weighted by Crippen LogP contribution is 2.29. The molecule has 0 unspecified atom stereocenters. The van der Waals surface area contributed by atoms with Crippen LogP contribution in [-0.2, 0) is 4.79 Å². The molecule has 1 aliphatic carbocycles. The number of piperidine rings is 1. The van der Waals surface area contributed by atoms with Gasteiger partial charge in [0.2, 0.25) is 0 Å². The SMILES string of the molecule is O=C(O)C1CCN(c2ncc(C(=O)N3CCN(C4CCCCC4)CC3)cc2Cl)CC1. The molecular formula is C22H31ClN4O3. The van der Waals surface area contributed by atoms with E-state index in [0.717, 1.165) is 26.2 Å². The second-order valence-electron chi connectivity index (χ2n) is 8.75. The topological polar surface area (TPSA) is 77.0 Å². The molecule has 1 N–H and O–H groups in total. The van der Waals surface area contributed by atoms with Crippen LogP contribution >= 0.6 is 11.6 Å². The van der Waals surface area contributed by atoms with E-state index in [1.54, 1.807) is 12.3 Å². The molecule has 2 saturated heterocycles. The average Bonchev–Trinajstić information content (AvgIpc) is 2.79. The first kappa shape index (κ1) is 21.4. The minimum Gasteiger partial charge on any atom is -0.481 e. The van der Waals surface area contributed by atoms with E-state index in [2.05, 4.69) is 9.88 Å². The van der Waals surface area contributed by atoms with E-state index in [0.29, 0.717) is 48.4 Å². The molecule has 0 atom stereocenters. The quantitative estimate of drug-likeness (QED) is 0.784. The van der Waals surface area contributed by atoms with Crippen molar-refractivity contribution in [2.24, 2.45) is 5.92 Å². The van der Waals surface area contributed by atoms with Crippen LogP contribution in [0.4, 0.5) is 5.82 Å². The summed E-state index contributed by atoms with van der Waals surface area (Å²) >= 11 is 6.47. The van der Waals surface area contributed by atoms with E-state index in [9.17, 15) is 9.59 Å². The molecule has 1 amide bonds. The summed E-state index contributed by atoms with van der Waals surface area (Å²) in [5.41, 5.74) is 0.523. The lowest BCUT2D eigenvalue weighted by Crippen LogP contribution is -2.52. The molecular weight excluding hydrogens is 404 g/mol. The molecule has 0 radical (unpaired) electrons. The van der Waals surface area contributed by atoms with Crippen LogP contribution in [-0.4, -0.2) is 77.1 Å². The number of rotatable bonds is 4. The van der Waals surface area contributed by atoms with Crippen LogP contribution in [0.3, 0.4) is 0 Å². The number of carbonyl (C=O) groups excluding carboxylic acids is 1. The second kappa shape index (κ2) is 9.52. The number of halogens is 1. The molecule has 1 aromatic rings. The largest absolute Gasteiger partial charge is 0.481 e. The van der Waals surface area contributed by atoms with Gasteiger partial charge in [0, 0.05) is 51.5 Å². The smallest absolute Gasteiger partial charge is 0.306 e. The van der Waals surface area contributed by atoms with Crippen molar-refractivity contribution in [1.29, 1.82) is 0 Å². The average molecular weight is 435 g/mol. The molecule has 164 valence electrons. The first-order chi connectivity index (χ1) is 14.5. The minimum atomic E-state index is -0.738. The molecule has 1 saturated carbocycles. The molecule has 0 aromatic carbocycles. The van der Waals surface area contributed by atoms with Crippen molar-refractivity contribution in [2.75, 3.05) is 44.2 Å². The normalized spacial score (nSPS) is 22.3. The monoisotopic (exact) mass is 434 g/mol. The third kappa shape index (κ3) is 4.72. The van der Waals surface area contributed by atoms with Crippen LogP contribution in [0.1, 0.15) is 55.3 Å². The first-order valence-corrected chi connectivity index (χ1v) is 11.6. The maximum atomic E-state index is 13.0. The summed E-state index contributed by atoms with van der Waals surface area (Å²) < 4.78 is 0. The molecule has 3 heterocycles. The van der Waals surface area contributed by atoms with Crippen molar-refractivity contribution >= 4 is 29.3 Å². The van der Waals surface area contributed by atoms with E-state index in [-0.39, 0.29) is 11.8 Å². The Balaban J connectivity index is 1.34. The zero-order valence-electron chi connectivity index (χ0n) is 17.4. The lowest BCUT2D eigenvalue weighted by Gasteiger charge is -2.40. The molecule has 3 aliphatic rings. The van der Waals surface area contributed by atoms with Crippen LogP contribution in [0.2, 0.25) is 5.02 Å². The predicted molar refractivity (Wildman–Crippen MR) is 116 cm³/mol. The Morgan fingerprint density at radius 3 is 2.23 bits per heavy atom. The van der Waals surface area contributed by atoms with Crippen LogP contribution in [0, 0.1) is 5.92 Å². The van der Waals surface area contributed by atoms with Gasteiger partial charge in [-0.1, -0.05) is 30.9 Å². The van der Waals surface area contributed by atoms with Gasteiger partial charge in [-0.15, -0.1) is 0 Å². The summed E-state index contributed by atoms with van der Waals surface area (Å²) in [5.74, 6) is -0.408. The van der Waals surface area contributed by atoms with E-state index in [1.807, 2.05) is 9.80 Å². The highest BCUT2D eigenvalue weighted by Gasteiger charge is 2.29. The van der Waals surface area contributed by atoms with E-state index in [4.69, 9.17) is 16.7 Å². The Morgan fingerprint density at radius 1 is 0.967 bits per heavy atom. The van der Waals surface area contributed by atoms with Gasteiger partial charge in [-0.25, -0.2) is 4.98 Å². The Morgan fingerprint density at radius 2 is 1.63 bits per heavy atom. The highest BCUT2D eigenvalue weighted by atomic mass is 35.5. The van der Waals surface area contributed by atoms with Gasteiger partial charge in [-0.05, 0) is 31.7 Å². The van der Waals surface area contributed by atoms with Gasteiger partial charge in [-0.3, -0.25) is 14.5 Å². The third-order valence-corrected chi connectivity index (χ3v) is 7.18. The first-order valence-electron chi connectivity index (χ1n) is 11.2. The Labute approximate surface area is 183 Å². The summed E-state index contributed by atoms with van der Waals surface area (Å²) in [4.78, 5) is 35.0. The standard InChI is InChI=1S/C22H31ClN4O3/c23-19-14-17(15-24-20(19)26-8-6-16(7-9-26)22(29)30)21(28)27-12-10-25(11-13-27)18-4-2-1-3-5-18/h14-16,18H,1-13H2,(H,29,30). The molecule has 0 bridgehead atoms. The van der Waals surface area contributed by atoms with Gasteiger partial charge in [0.05, 0.1) is 16.5 Å². The summed E-state index contributed by atoms with van der Waals surface area (Å²) in [6.07, 6.45) is 9.37. The van der Waals surface area contributed by atoms with Gasteiger partial charge in [-0.2, -0.15) is 0 Å². The lowest BCUT2D eigenvalue weighted by atomic mass is 9.94. The van der Waals surface area contributed by atoms with E-state index in [1.165, 1.54) is 32.1 Å². The molecule has 0 spiro atoms. The maximum absolute atomic E-state index is 13.0. The summed E-state index contributed by atoms with van der Waals surface area (Å²) in [7, 11) is 0. The van der Waals surface area contributed by atoms with E-state index >= 15 is 0 Å². The van der Waals surface area contributed by atoms with Crippen molar-refractivity contribution < 1.29 is 14.7 Å². The van der Waals surface area contributed by atoms with Gasteiger partial charge in [0.15, 0.2) is 0 Å². The van der Waals surface area contributed by atoms with Gasteiger partial charge in [0.1, 0.15) is 5.82 Å². The van der Waals surface area contributed by atoms with Crippen LogP contribution in [0.25, 0.3) is 0 Å². The minimum absolute atomic E-state index is 0.0103. The fourth-order valence-electron chi connectivity index (χ4n) is 5.04. The van der Waals surface area contributed by atoms with Crippen LogP contribution < -0.4 is 4.90 Å². The Hall–Kier alpha value is -1.86. The molecule has 4 rings (SSSR count). The van der Waals surface area contributed by atoms with Crippen LogP contribution in [0.5, 0.6) is 0 Å². The summed E-state index contributed by atoms with van der Waals surface area (Å²) in [5, 5.41) is 9.61. The number of carbonyl (C=O) groups is 2. The Bertz CT molecular complexity index is 768. The fraction of sp³-hybridized carbons (Fsp3) is 0.682. The number of hydrogen-bond acceptors (Lipinski definition) is 5. The van der Waals surface area contributed by atoms with Crippen molar-refractivity contribution in [3.63, 3.8) is 0 Å². The Kier molecular flexibility index (Phi) is 6.78. The molecule has 30 heavy (non-hydrogen) atoms. The van der Waals surface area contributed by atoms with Crippen molar-refractivity contribution in [1.82, 2.24) is 14.8 Å². The van der Waals surface area contributed by atoms with E-state index < -0.39 is 5.97 Å². The zero-order chi connectivity index (χ0) is 21.1. The number of nitrogens with zero attached hydrogens (tertiary/aromatic N) is 4. The van der Waals surface area contributed by atoms with Gasteiger partial charge >= 0.3 is 5.97 Å². The number of carboxylic acid groups (broad SMARTS) is 1. The maximum Gasteiger partial charge on any atom is 0.306 e. The molecule has 1 aromatic heterocycles. The zero-order valence-corrected chi connectivity index (χ0v) is 18.2.